The third-order valence-electron chi connectivity index (χ3n) is 6.74. The number of rotatable bonds is 4. The number of halogens is 4. The largest absolute Gasteiger partial charge is 0.444 e. The molecule has 202 valence electrons. The summed E-state index contributed by atoms with van der Waals surface area (Å²) in [5.41, 5.74) is -0.418. The minimum Gasteiger partial charge on any atom is -0.444 e. The highest BCUT2D eigenvalue weighted by Crippen LogP contribution is 2.36. The maximum atomic E-state index is 13.7. The van der Waals surface area contributed by atoms with E-state index in [4.69, 9.17) is 4.74 Å². The lowest BCUT2D eigenvalue weighted by molar-refractivity contribution is -0.142. The van der Waals surface area contributed by atoms with E-state index in [9.17, 15) is 27.2 Å². The number of alkyl halides is 3. The molecule has 1 fully saturated rings. The molecule has 0 saturated carbocycles. The highest BCUT2D eigenvalue weighted by atomic mass is 19.4. The van der Waals surface area contributed by atoms with Gasteiger partial charge in [0.15, 0.2) is 5.69 Å². The van der Waals surface area contributed by atoms with Crippen molar-refractivity contribution in [2.24, 2.45) is 5.92 Å². The average Bonchev–Trinajstić information content (AvgIpc) is 3.18. The van der Waals surface area contributed by atoms with Crippen LogP contribution in [-0.4, -0.2) is 56.8 Å². The van der Waals surface area contributed by atoms with Crippen molar-refractivity contribution >= 4 is 12.0 Å². The summed E-state index contributed by atoms with van der Waals surface area (Å²) in [5, 5.41) is 3.85. The molecule has 11 heteroatoms. The second kappa shape index (κ2) is 10.3. The Labute approximate surface area is 213 Å². The van der Waals surface area contributed by atoms with Crippen molar-refractivity contribution in [1.29, 1.82) is 0 Å². The lowest BCUT2D eigenvalue weighted by Crippen LogP contribution is -2.43. The molecule has 0 bridgehead atoms. The fourth-order valence-corrected chi connectivity index (χ4v) is 4.84. The van der Waals surface area contributed by atoms with Gasteiger partial charge in [0.2, 0.25) is 5.91 Å². The quantitative estimate of drug-likeness (QED) is 0.528. The molecule has 4 rings (SSSR count). The van der Waals surface area contributed by atoms with E-state index in [1.54, 1.807) is 9.80 Å². The summed E-state index contributed by atoms with van der Waals surface area (Å²) < 4.78 is 61.0. The topological polar surface area (TPSA) is 67.7 Å². The maximum Gasteiger partial charge on any atom is 0.435 e. The number of ether oxygens (including phenoxy) is 1. The van der Waals surface area contributed by atoms with Crippen LogP contribution in [0.2, 0.25) is 0 Å². The number of hydrogen-bond donors (Lipinski definition) is 0. The van der Waals surface area contributed by atoms with E-state index in [1.807, 2.05) is 20.8 Å². The molecule has 0 atom stereocenters. The van der Waals surface area contributed by atoms with Crippen LogP contribution in [0.3, 0.4) is 0 Å². The van der Waals surface area contributed by atoms with Crippen LogP contribution in [0.15, 0.2) is 24.3 Å². The molecule has 0 N–H and O–H groups in total. The van der Waals surface area contributed by atoms with Gasteiger partial charge in [-0.2, -0.15) is 18.3 Å². The number of carbonyl (C=O) groups is 2. The second-order valence-electron chi connectivity index (χ2n) is 10.7. The van der Waals surface area contributed by atoms with Crippen LogP contribution < -0.4 is 0 Å². The van der Waals surface area contributed by atoms with Crippen LogP contribution in [0, 0.1) is 11.7 Å². The normalized spacial score (nSPS) is 17.1. The molecular weight excluding hydrogens is 492 g/mol. The van der Waals surface area contributed by atoms with E-state index >= 15 is 0 Å². The maximum absolute atomic E-state index is 13.7. The summed E-state index contributed by atoms with van der Waals surface area (Å²) in [6, 6.07) is 5.51. The van der Waals surface area contributed by atoms with E-state index in [2.05, 4.69) is 5.10 Å². The molecule has 0 unspecified atom stereocenters. The molecule has 0 aliphatic carbocycles. The van der Waals surface area contributed by atoms with Crippen molar-refractivity contribution in [3.63, 3.8) is 0 Å². The molecule has 2 amide bonds. The number of fused-ring (bicyclic) bond motifs is 1. The van der Waals surface area contributed by atoms with Gasteiger partial charge < -0.3 is 14.5 Å². The number of hydrogen-bond acceptors (Lipinski definition) is 4. The van der Waals surface area contributed by atoms with Gasteiger partial charge >= 0.3 is 12.3 Å². The molecule has 1 aromatic carbocycles. The van der Waals surface area contributed by atoms with Crippen LogP contribution in [0.25, 0.3) is 0 Å². The second-order valence-corrected chi connectivity index (χ2v) is 10.7. The first-order chi connectivity index (χ1) is 17.3. The van der Waals surface area contributed by atoms with Crippen LogP contribution in [0.5, 0.6) is 0 Å². The van der Waals surface area contributed by atoms with Crippen LogP contribution in [-0.2, 0) is 35.2 Å². The summed E-state index contributed by atoms with van der Waals surface area (Å²) in [7, 11) is 0. The molecular formula is C26H32F4N4O3. The molecule has 0 radical (unpaired) electrons. The Morgan fingerprint density at radius 1 is 1.03 bits per heavy atom. The van der Waals surface area contributed by atoms with Gasteiger partial charge in [0, 0.05) is 31.6 Å². The number of amides is 2. The van der Waals surface area contributed by atoms with E-state index in [-0.39, 0.29) is 56.0 Å². The first-order valence-electron chi connectivity index (χ1n) is 12.5. The lowest BCUT2D eigenvalue weighted by Gasteiger charge is -2.34. The number of likely N-dealkylation sites (tertiary alicyclic amines) is 1. The molecule has 2 aliphatic rings. The number of benzene rings is 1. The molecule has 1 aromatic heterocycles. The Hall–Kier alpha value is -3.11. The molecule has 1 saturated heterocycles. The van der Waals surface area contributed by atoms with Crippen molar-refractivity contribution in [1.82, 2.24) is 19.6 Å². The van der Waals surface area contributed by atoms with Gasteiger partial charge in [-0.25, -0.2) is 9.18 Å². The summed E-state index contributed by atoms with van der Waals surface area (Å²) in [6.45, 7) is 6.69. The fourth-order valence-electron chi connectivity index (χ4n) is 4.84. The number of piperidine rings is 1. The Morgan fingerprint density at radius 2 is 1.68 bits per heavy atom. The number of nitrogens with zero attached hydrogens (tertiary/aromatic N) is 4. The van der Waals surface area contributed by atoms with Crippen molar-refractivity contribution in [3.8, 4) is 0 Å². The number of aromatic nitrogens is 2. The summed E-state index contributed by atoms with van der Waals surface area (Å²) in [5.74, 6) is -0.470. The summed E-state index contributed by atoms with van der Waals surface area (Å²) in [4.78, 5) is 28.6. The van der Waals surface area contributed by atoms with E-state index in [1.165, 1.54) is 28.9 Å². The van der Waals surface area contributed by atoms with Gasteiger partial charge in [-0.15, -0.1) is 0 Å². The zero-order valence-corrected chi connectivity index (χ0v) is 21.3. The molecule has 37 heavy (non-hydrogen) atoms. The van der Waals surface area contributed by atoms with Crippen molar-refractivity contribution in [2.75, 3.05) is 19.6 Å². The minimum absolute atomic E-state index is 0.0369. The van der Waals surface area contributed by atoms with Crippen molar-refractivity contribution in [3.05, 3.63) is 52.6 Å². The fraction of sp³-hybridized carbons (Fsp3) is 0.577. The van der Waals surface area contributed by atoms with Crippen molar-refractivity contribution < 1.29 is 31.9 Å². The van der Waals surface area contributed by atoms with Gasteiger partial charge in [0.1, 0.15) is 11.4 Å². The molecule has 7 nitrogen and oxygen atoms in total. The highest BCUT2D eigenvalue weighted by Gasteiger charge is 2.41. The summed E-state index contributed by atoms with van der Waals surface area (Å²) >= 11 is 0. The Bertz CT molecular complexity index is 1130. The molecule has 3 heterocycles. The lowest BCUT2D eigenvalue weighted by atomic mass is 9.92. The Kier molecular flexibility index (Phi) is 7.52. The first-order valence-corrected chi connectivity index (χ1v) is 12.5. The minimum atomic E-state index is -4.60. The third kappa shape index (κ3) is 6.61. The van der Waals surface area contributed by atoms with E-state index in [0.29, 0.717) is 37.2 Å². The zero-order valence-electron chi connectivity index (χ0n) is 21.3. The van der Waals surface area contributed by atoms with Crippen LogP contribution in [0.1, 0.15) is 62.5 Å². The monoisotopic (exact) mass is 524 g/mol. The standard InChI is InChI=1S/C26H32F4N4O3/c1-25(2,3)37-24(36)32-11-8-17(9-12-32)14-22(35)33-13-10-20-21(16-33)34(31-23(20)26(28,29)30)15-18-4-6-19(27)7-5-18/h4-7,17H,8-16H2,1-3H3. The van der Waals surface area contributed by atoms with E-state index in [0.717, 1.165) is 0 Å². The van der Waals surface area contributed by atoms with Gasteiger partial charge in [-0.3, -0.25) is 9.48 Å². The predicted molar refractivity (Wildman–Crippen MR) is 127 cm³/mol. The average molecular weight is 525 g/mol. The zero-order chi connectivity index (χ0) is 27.0. The molecule has 2 aliphatic heterocycles. The van der Waals surface area contributed by atoms with Gasteiger partial charge in [0.05, 0.1) is 18.8 Å². The van der Waals surface area contributed by atoms with E-state index < -0.39 is 23.3 Å². The highest BCUT2D eigenvalue weighted by molar-refractivity contribution is 5.77. The Balaban J connectivity index is 1.41. The Morgan fingerprint density at radius 3 is 2.27 bits per heavy atom. The van der Waals surface area contributed by atoms with Gasteiger partial charge in [-0.1, -0.05) is 12.1 Å². The van der Waals surface area contributed by atoms with Gasteiger partial charge in [-0.05, 0) is 63.6 Å². The molecule has 0 spiro atoms. The van der Waals surface area contributed by atoms with Gasteiger partial charge in [0.25, 0.3) is 0 Å². The summed E-state index contributed by atoms with van der Waals surface area (Å²) in [6.07, 6.45) is -3.32. The first kappa shape index (κ1) is 26.9. The third-order valence-corrected chi connectivity index (χ3v) is 6.74. The number of carbonyl (C=O) groups excluding carboxylic acids is 2. The molecule has 2 aromatic rings. The van der Waals surface area contributed by atoms with Crippen molar-refractivity contribution in [2.45, 2.75) is 71.3 Å². The van der Waals surface area contributed by atoms with Crippen LogP contribution >= 0.6 is 0 Å². The predicted octanol–water partition coefficient (Wildman–Crippen LogP) is 5.01. The SMILES string of the molecule is CC(C)(C)OC(=O)N1CCC(CC(=O)N2CCc3c(C(F)(F)F)nn(Cc4ccc(F)cc4)c3C2)CC1. The smallest absolute Gasteiger partial charge is 0.435 e. The van der Waals surface area contributed by atoms with Crippen LogP contribution in [0.4, 0.5) is 22.4 Å².